The zero-order valence-electron chi connectivity index (χ0n) is 14.5. The summed E-state index contributed by atoms with van der Waals surface area (Å²) in [6.07, 6.45) is 1.94. The van der Waals surface area contributed by atoms with Crippen LogP contribution in [0.4, 0.5) is 5.69 Å². The molecule has 1 aliphatic rings. The topological polar surface area (TPSA) is 46.3 Å². The molecule has 2 aromatic carbocycles. The smallest absolute Gasteiger partial charge is 0.246 e. The van der Waals surface area contributed by atoms with Crippen LogP contribution in [0, 0.1) is 5.41 Å². The van der Waals surface area contributed by atoms with Crippen molar-refractivity contribution >= 4 is 11.6 Å². The summed E-state index contributed by atoms with van der Waals surface area (Å²) in [5, 5.41) is 0. The first-order valence-electron chi connectivity index (χ1n) is 8.29. The minimum Gasteiger partial charge on any atom is -0.366 e. The molecule has 0 radical (unpaired) electrons. The summed E-state index contributed by atoms with van der Waals surface area (Å²) < 4.78 is 0. The lowest BCUT2D eigenvalue weighted by atomic mass is 9.70. The molecule has 3 rings (SSSR count). The summed E-state index contributed by atoms with van der Waals surface area (Å²) in [5.41, 5.74) is 9.83. The predicted molar refractivity (Wildman–Crippen MR) is 98.5 cm³/mol. The number of para-hydroxylation sites is 1. The Kier molecular flexibility index (Phi) is 4.18. The lowest BCUT2D eigenvalue weighted by molar-refractivity contribution is -0.115. The van der Waals surface area contributed by atoms with Gasteiger partial charge in [0, 0.05) is 29.9 Å². The number of hydrogen-bond acceptors (Lipinski definition) is 2. The molecule has 1 unspecified atom stereocenters. The van der Waals surface area contributed by atoms with Crippen LogP contribution in [0.1, 0.15) is 37.8 Å². The number of carbonyl (C=O) groups excluding carboxylic acids is 1. The Morgan fingerprint density at radius 1 is 1.04 bits per heavy atom. The van der Waals surface area contributed by atoms with Gasteiger partial charge in [0.05, 0.1) is 0 Å². The summed E-state index contributed by atoms with van der Waals surface area (Å²) in [6, 6.07) is 18.6. The highest BCUT2D eigenvalue weighted by Gasteiger charge is 2.37. The highest BCUT2D eigenvalue weighted by Crippen LogP contribution is 2.47. The van der Waals surface area contributed by atoms with E-state index in [0.29, 0.717) is 12.1 Å². The Morgan fingerprint density at radius 2 is 1.67 bits per heavy atom. The van der Waals surface area contributed by atoms with Crippen molar-refractivity contribution < 1.29 is 4.79 Å². The van der Waals surface area contributed by atoms with Crippen LogP contribution < -0.4 is 10.6 Å². The van der Waals surface area contributed by atoms with Crippen molar-refractivity contribution in [2.24, 2.45) is 11.1 Å². The number of rotatable bonds is 3. The van der Waals surface area contributed by atoms with Gasteiger partial charge < -0.3 is 10.6 Å². The monoisotopic (exact) mass is 320 g/mol. The van der Waals surface area contributed by atoms with Crippen molar-refractivity contribution in [2.75, 3.05) is 4.90 Å². The molecule has 124 valence electrons. The summed E-state index contributed by atoms with van der Waals surface area (Å²) in [4.78, 5) is 14.3. The van der Waals surface area contributed by atoms with Crippen LogP contribution in [0.2, 0.25) is 0 Å². The molecule has 0 saturated heterocycles. The molecule has 0 spiro atoms. The molecule has 2 N–H and O–H groups in total. The van der Waals surface area contributed by atoms with Crippen LogP contribution in [-0.2, 0) is 11.3 Å². The standard InChI is InChI=1S/C21H24N2O/c1-21(2,3)19-16-11-7-8-12-18(16)23(14-17(19)20(22)24)13-15-9-5-4-6-10-15/h4-12,14,19H,13H2,1-3H3,(H2,22,24). The first-order valence-corrected chi connectivity index (χ1v) is 8.29. The van der Waals surface area contributed by atoms with Crippen LogP contribution >= 0.6 is 0 Å². The van der Waals surface area contributed by atoms with E-state index >= 15 is 0 Å². The number of primary amides is 1. The van der Waals surface area contributed by atoms with Crippen LogP contribution in [0.3, 0.4) is 0 Å². The average Bonchev–Trinajstić information content (AvgIpc) is 2.54. The normalized spacial score (nSPS) is 17.2. The minimum atomic E-state index is -0.345. The second-order valence-corrected chi connectivity index (χ2v) is 7.42. The number of anilines is 1. The van der Waals surface area contributed by atoms with E-state index in [1.807, 2.05) is 36.5 Å². The quantitative estimate of drug-likeness (QED) is 0.921. The summed E-state index contributed by atoms with van der Waals surface area (Å²) in [6.45, 7) is 7.17. The molecule has 1 amide bonds. The zero-order valence-corrected chi connectivity index (χ0v) is 14.5. The van der Waals surface area contributed by atoms with E-state index in [1.165, 1.54) is 5.56 Å². The fourth-order valence-electron chi connectivity index (χ4n) is 3.52. The van der Waals surface area contributed by atoms with Gasteiger partial charge in [0.15, 0.2) is 0 Å². The van der Waals surface area contributed by atoms with Crippen molar-refractivity contribution in [3.05, 3.63) is 77.5 Å². The molecule has 24 heavy (non-hydrogen) atoms. The summed E-state index contributed by atoms with van der Waals surface area (Å²) >= 11 is 0. The Balaban J connectivity index is 2.10. The lowest BCUT2D eigenvalue weighted by Gasteiger charge is -2.40. The average molecular weight is 320 g/mol. The molecule has 1 heterocycles. The molecule has 3 heteroatoms. The number of nitrogens with two attached hydrogens (primary N) is 1. The van der Waals surface area contributed by atoms with Gasteiger partial charge in [-0.25, -0.2) is 0 Å². The van der Waals surface area contributed by atoms with E-state index in [1.54, 1.807) is 0 Å². The maximum Gasteiger partial charge on any atom is 0.246 e. The Labute approximate surface area is 143 Å². The van der Waals surface area contributed by atoms with Crippen molar-refractivity contribution in [3.8, 4) is 0 Å². The van der Waals surface area contributed by atoms with Crippen molar-refractivity contribution in [2.45, 2.75) is 33.2 Å². The molecule has 0 bridgehead atoms. The first-order chi connectivity index (χ1) is 11.4. The van der Waals surface area contributed by atoms with E-state index in [4.69, 9.17) is 5.73 Å². The number of amides is 1. The van der Waals surface area contributed by atoms with Crippen LogP contribution in [0.15, 0.2) is 66.4 Å². The van der Waals surface area contributed by atoms with Crippen molar-refractivity contribution in [1.29, 1.82) is 0 Å². The second kappa shape index (κ2) is 6.16. The number of hydrogen-bond donors (Lipinski definition) is 1. The first kappa shape index (κ1) is 16.3. The van der Waals surface area contributed by atoms with E-state index < -0.39 is 0 Å². The zero-order chi connectivity index (χ0) is 17.3. The van der Waals surface area contributed by atoms with E-state index in [0.717, 1.165) is 11.3 Å². The van der Waals surface area contributed by atoms with Gasteiger partial charge in [-0.3, -0.25) is 4.79 Å². The molecule has 0 saturated carbocycles. The summed E-state index contributed by atoms with van der Waals surface area (Å²) in [5.74, 6) is -0.347. The number of fused-ring (bicyclic) bond motifs is 1. The van der Waals surface area contributed by atoms with Gasteiger partial charge in [-0.05, 0) is 22.6 Å². The molecular formula is C21H24N2O. The lowest BCUT2D eigenvalue weighted by Crippen LogP contribution is -2.35. The third kappa shape index (κ3) is 3.07. The summed E-state index contributed by atoms with van der Waals surface area (Å²) in [7, 11) is 0. The molecular weight excluding hydrogens is 296 g/mol. The molecule has 3 nitrogen and oxygen atoms in total. The van der Waals surface area contributed by atoms with Crippen molar-refractivity contribution in [3.63, 3.8) is 0 Å². The maximum atomic E-state index is 12.1. The van der Waals surface area contributed by atoms with Gasteiger partial charge in [0.25, 0.3) is 0 Å². The number of benzene rings is 2. The predicted octanol–water partition coefficient (Wildman–Crippen LogP) is 4.21. The van der Waals surface area contributed by atoms with Crippen LogP contribution in [0.25, 0.3) is 0 Å². The second-order valence-electron chi connectivity index (χ2n) is 7.42. The fourth-order valence-corrected chi connectivity index (χ4v) is 3.52. The van der Waals surface area contributed by atoms with Crippen LogP contribution in [-0.4, -0.2) is 5.91 Å². The largest absolute Gasteiger partial charge is 0.366 e. The van der Waals surface area contributed by atoms with Crippen molar-refractivity contribution in [1.82, 2.24) is 0 Å². The fraction of sp³-hybridized carbons (Fsp3) is 0.286. The SMILES string of the molecule is CC(C)(C)C1C(C(N)=O)=CN(Cc2ccccc2)c2ccccc21. The Morgan fingerprint density at radius 3 is 2.29 bits per heavy atom. The Hall–Kier alpha value is -2.55. The molecule has 0 aliphatic carbocycles. The van der Waals surface area contributed by atoms with Gasteiger partial charge in [-0.15, -0.1) is 0 Å². The molecule has 0 fully saturated rings. The van der Waals surface area contributed by atoms with Gasteiger partial charge in [0.1, 0.15) is 0 Å². The highest BCUT2D eigenvalue weighted by atomic mass is 16.1. The van der Waals surface area contributed by atoms with Gasteiger partial charge in [-0.2, -0.15) is 0 Å². The number of nitrogens with zero attached hydrogens (tertiary/aromatic N) is 1. The third-order valence-corrected chi connectivity index (χ3v) is 4.51. The van der Waals surface area contributed by atoms with Gasteiger partial charge >= 0.3 is 0 Å². The minimum absolute atomic E-state index is 0.00165. The van der Waals surface area contributed by atoms with Gasteiger partial charge in [-0.1, -0.05) is 69.3 Å². The molecule has 1 atom stereocenters. The maximum absolute atomic E-state index is 12.1. The van der Waals surface area contributed by atoms with Crippen LogP contribution in [0.5, 0.6) is 0 Å². The van der Waals surface area contributed by atoms with E-state index in [2.05, 4.69) is 49.9 Å². The highest BCUT2D eigenvalue weighted by molar-refractivity contribution is 5.95. The third-order valence-electron chi connectivity index (χ3n) is 4.51. The molecule has 0 aromatic heterocycles. The number of carbonyl (C=O) groups is 1. The van der Waals surface area contributed by atoms with E-state index in [9.17, 15) is 4.79 Å². The molecule has 1 aliphatic heterocycles. The molecule has 2 aromatic rings. The van der Waals surface area contributed by atoms with Gasteiger partial charge in [0.2, 0.25) is 5.91 Å². The Bertz CT molecular complexity index is 772. The van der Waals surface area contributed by atoms with E-state index in [-0.39, 0.29) is 17.2 Å².